The Bertz CT molecular complexity index is 778. The molecule has 0 fully saturated rings. The first-order chi connectivity index (χ1) is 13.0. The molecule has 10 heteroatoms. The number of hydrogen-bond donors (Lipinski definition) is 3. The fourth-order valence-electron chi connectivity index (χ4n) is 2.33. The van der Waals surface area contributed by atoms with Gasteiger partial charge in [-0.05, 0) is 18.9 Å². The standard InChI is InChI=1S/C18H26N6O3.HI/c1-4-19-18(22-12-14-11-16(13(2)3)23-27-14)21-10-9-20-15-7-5-6-8-17(15)24(25)26;/h5-8,11,13,20H,4,9-10,12H2,1-3H3,(H2,19,21,22);1H. The van der Waals surface area contributed by atoms with Gasteiger partial charge in [-0.15, -0.1) is 24.0 Å². The molecule has 2 aromatic rings. The molecule has 3 N–H and O–H groups in total. The number of nitrogens with zero attached hydrogens (tertiary/aromatic N) is 3. The highest BCUT2D eigenvalue weighted by Gasteiger charge is 2.11. The van der Waals surface area contributed by atoms with E-state index >= 15 is 0 Å². The minimum Gasteiger partial charge on any atom is -0.378 e. The van der Waals surface area contributed by atoms with Crippen molar-refractivity contribution in [3.63, 3.8) is 0 Å². The van der Waals surface area contributed by atoms with Gasteiger partial charge in [-0.1, -0.05) is 31.1 Å². The molecule has 0 aliphatic rings. The van der Waals surface area contributed by atoms with Crippen molar-refractivity contribution in [1.82, 2.24) is 15.8 Å². The summed E-state index contributed by atoms with van der Waals surface area (Å²) >= 11 is 0. The minimum atomic E-state index is -0.399. The van der Waals surface area contributed by atoms with Crippen LogP contribution in [0.1, 0.15) is 38.1 Å². The number of nitro benzene ring substituents is 1. The number of rotatable bonds is 9. The van der Waals surface area contributed by atoms with E-state index in [1.165, 1.54) is 6.07 Å². The summed E-state index contributed by atoms with van der Waals surface area (Å²) in [6.45, 7) is 8.25. The van der Waals surface area contributed by atoms with Gasteiger partial charge in [0.2, 0.25) is 0 Å². The van der Waals surface area contributed by atoms with Crippen molar-refractivity contribution >= 4 is 41.3 Å². The highest BCUT2D eigenvalue weighted by Crippen LogP contribution is 2.22. The number of para-hydroxylation sites is 2. The maximum absolute atomic E-state index is 11.0. The molecule has 28 heavy (non-hydrogen) atoms. The van der Waals surface area contributed by atoms with Crippen molar-refractivity contribution in [3.8, 4) is 0 Å². The SMILES string of the molecule is CCNC(=NCc1cc(C(C)C)no1)NCCNc1ccccc1[N+](=O)[O-].I. The zero-order chi connectivity index (χ0) is 19.6. The summed E-state index contributed by atoms with van der Waals surface area (Å²) in [5.41, 5.74) is 1.46. The van der Waals surface area contributed by atoms with E-state index in [9.17, 15) is 10.1 Å². The third kappa shape index (κ3) is 7.33. The Balaban J connectivity index is 0.00000392. The van der Waals surface area contributed by atoms with Crippen molar-refractivity contribution in [2.24, 2.45) is 4.99 Å². The predicted molar refractivity (Wildman–Crippen MR) is 120 cm³/mol. The summed E-state index contributed by atoms with van der Waals surface area (Å²) < 4.78 is 5.28. The van der Waals surface area contributed by atoms with Gasteiger partial charge in [-0.2, -0.15) is 0 Å². The molecule has 0 radical (unpaired) electrons. The van der Waals surface area contributed by atoms with Gasteiger partial charge < -0.3 is 20.5 Å². The van der Waals surface area contributed by atoms with Crippen LogP contribution < -0.4 is 16.0 Å². The molecule has 2 rings (SSSR count). The summed E-state index contributed by atoms with van der Waals surface area (Å²) in [5, 5.41) is 24.4. The Hall–Kier alpha value is -2.37. The van der Waals surface area contributed by atoms with Crippen LogP contribution in [-0.2, 0) is 6.54 Å². The number of hydrogen-bond acceptors (Lipinski definition) is 6. The Kier molecular flexibility index (Phi) is 10.3. The third-order valence-corrected chi connectivity index (χ3v) is 3.74. The average molecular weight is 502 g/mol. The molecule has 0 unspecified atom stereocenters. The Morgan fingerprint density at radius 2 is 2.04 bits per heavy atom. The average Bonchev–Trinajstić information content (AvgIpc) is 3.12. The van der Waals surface area contributed by atoms with Crippen LogP contribution in [0.4, 0.5) is 11.4 Å². The van der Waals surface area contributed by atoms with Crippen LogP contribution in [0.5, 0.6) is 0 Å². The molecule has 154 valence electrons. The smallest absolute Gasteiger partial charge is 0.292 e. The molecule has 1 heterocycles. The molecule has 0 atom stereocenters. The molecule has 9 nitrogen and oxygen atoms in total. The second kappa shape index (κ2) is 12.2. The quantitative estimate of drug-likeness (QED) is 0.120. The third-order valence-electron chi connectivity index (χ3n) is 3.74. The molecule has 1 aromatic heterocycles. The Morgan fingerprint density at radius 1 is 1.29 bits per heavy atom. The number of nitro groups is 1. The summed E-state index contributed by atoms with van der Waals surface area (Å²) in [7, 11) is 0. The number of halogens is 1. The minimum absolute atomic E-state index is 0. The fraction of sp³-hybridized carbons (Fsp3) is 0.444. The second-order valence-electron chi connectivity index (χ2n) is 6.20. The molecular weight excluding hydrogens is 475 g/mol. The van der Waals surface area contributed by atoms with Crippen molar-refractivity contribution in [3.05, 3.63) is 51.9 Å². The lowest BCUT2D eigenvalue weighted by molar-refractivity contribution is -0.384. The van der Waals surface area contributed by atoms with E-state index in [1.807, 2.05) is 13.0 Å². The lowest BCUT2D eigenvalue weighted by Crippen LogP contribution is -2.39. The molecule has 0 amide bonds. The summed E-state index contributed by atoms with van der Waals surface area (Å²) in [4.78, 5) is 15.1. The van der Waals surface area contributed by atoms with Crippen LogP contribution in [-0.4, -0.2) is 35.7 Å². The highest BCUT2D eigenvalue weighted by molar-refractivity contribution is 14.0. The molecular formula is C18H27IN6O3. The van der Waals surface area contributed by atoms with Gasteiger partial charge in [0.15, 0.2) is 11.7 Å². The first-order valence-corrected chi connectivity index (χ1v) is 8.96. The van der Waals surface area contributed by atoms with Gasteiger partial charge in [0.25, 0.3) is 5.69 Å². The number of aliphatic imine (C=N–C) groups is 1. The second-order valence-corrected chi connectivity index (χ2v) is 6.20. The van der Waals surface area contributed by atoms with E-state index in [0.717, 1.165) is 12.2 Å². The summed E-state index contributed by atoms with van der Waals surface area (Å²) in [5.74, 6) is 1.66. The molecule has 0 saturated heterocycles. The van der Waals surface area contributed by atoms with Crippen LogP contribution in [0.25, 0.3) is 0 Å². The maximum atomic E-state index is 11.0. The van der Waals surface area contributed by atoms with Gasteiger partial charge in [0.1, 0.15) is 12.2 Å². The van der Waals surface area contributed by atoms with Crippen LogP contribution in [0.3, 0.4) is 0 Å². The van der Waals surface area contributed by atoms with Crippen LogP contribution in [0.2, 0.25) is 0 Å². The van der Waals surface area contributed by atoms with Gasteiger partial charge >= 0.3 is 0 Å². The van der Waals surface area contributed by atoms with Gasteiger partial charge in [0, 0.05) is 31.8 Å². The van der Waals surface area contributed by atoms with Crippen LogP contribution >= 0.6 is 24.0 Å². The molecule has 0 spiro atoms. The number of anilines is 1. The topological polar surface area (TPSA) is 118 Å². The number of aromatic nitrogens is 1. The maximum Gasteiger partial charge on any atom is 0.292 e. The summed E-state index contributed by atoms with van der Waals surface area (Å²) in [6, 6.07) is 8.48. The van der Waals surface area contributed by atoms with E-state index in [0.29, 0.717) is 43.0 Å². The van der Waals surface area contributed by atoms with Crippen molar-refractivity contribution in [1.29, 1.82) is 0 Å². The Morgan fingerprint density at radius 3 is 2.68 bits per heavy atom. The molecule has 1 aromatic carbocycles. The monoisotopic (exact) mass is 502 g/mol. The lowest BCUT2D eigenvalue weighted by Gasteiger charge is -2.12. The van der Waals surface area contributed by atoms with Gasteiger partial charge in [-0.25, -0.2) is 4.99 Å². The number of guanidine groups is 1. The zero-order valence-electron chi connectivity index (χ0n) is 16.3. The van der Waals surface area contributed by atoms with Gasteiger partial charge in [0.05, 0.1) is 10.6 Å². The predicted octanol–water partition coefficient (Wildman–Crippen LogP) is 3.49. The van der Waals surface area contributed by atoms with E-state index in [1.54, 1.807) is 18.2 Å². The van der Waals surface area contributed by atoms with Crippen molar-refractivity contribution in [2.45, 2.75) is 33.2 Å². The molecule has 0 aliphatic heterocycles. The largest absolute Gasteiger partial charge is 0.378 e. The van der Waals surface area contributed by atoms with Gasteiger partial charge in [-0.3, -0.25) is 10.1 Å². The normalized spacial score (nSPS) is 11.1. The highest BCUT2D eigenvalue weighted by atomic mass is 127. The van der Waals surface area contributed by atoms with E-state index in [4.69, 9.17) is 4.52 Å². The molecule has 0 saturated carbocycles. The molecule has 0 aliphatic carbocycles. The summed E-state index contributed by atoms with van der Waals surface area (Å²) in [6.07, 6.45) is 0. The van der Waals surface area contributed by atoms with E-state index < -0.39 is 4.92 Å². The first-order valence-electron chi connectivity index (χ1n) is 8.96. The zero-order valence-corrected chi connectivity index (χ0v) is 18.6. The van der Waals surface area contributed by atoms with E-state index in [-0.39, 0.29) is 29.7 Å². The van der Waals surface area contributed by atoms with Crippen LogP contribution in [0.15, 0.2) is 39.8 Å². The Labute approximate surface area is 181 Å². The first kappa shape index (κ1) is 23.7. The van der Waals surface area contributed by atoms with Crippen molar-refractivity contribution in [2.75, 3.05) is 25.0 Å². The number of nitrogens with one attached hydrogen (secondary N) is 3. The molecule has 0 bridgehead atoms. The number of benzene rings is 1. The lowest BCUT2D eigenvalue weighted by atomic mass is 10.1. The van der Waals surface area contributed by atoms with Crippen molar-refractivity contribution < 1.29 is 9.45 Å². The fourth-order valence-corrected chi connectivity index (χ4v) is 2.33. The van der Waals surface area contributed by atoms with Crippen LogP contribution in [0, 0.1) is 10.1 Å². The van der Waals surface area contributed by atoms with E-state index in [2.05, 4.69) is 39.9 Å².